The van der Waals surface area contributed by atoms with Crippen molar-refractivity contribution in [1.29, 1.82) is 0 Å². The standard InChI is InChI=1S/C20H37NO6S/c1-5-6-7-8-11-26-18(23)16(2)14-20(3,19(24)27-12-10-21)15-28-13-9-17(22)25-4/h16H,5-15,21H2,1-4H3. The van der Waals surface area contributed by atoms with Gasteiger partial charge in [0.05, 0.1) is 31.5 Å². The molecule has 0 rings (SSSR count). The summed E-state index contributed by atoms with van der Waals surface area (Å²) in [4.78, 5) is 36.1. The SMILES string of the molecule is CCCCCCOC(=O)C(C)CC(C)(CSCCC(=O)OC)C(=O)OCCN. The number of methoxy groups -OCH3 is 1. The maximum absolute atomic E-state index is 12.6. The van der Waals surface area contributed by atoms with Gasteiger partial charge in [-0.3, -0.25) is 14.4 Å². The Bertz CT molecular complexity index is 474. The second-order valence-corrected chi connectivity index (χ2v) is 8.30. The van der Waals surface area contributed by atoms with E-state index in [9.17, 15) is 14.4 Å². The largest absolute Gasteiger partial charge is 0.469 e. The van der Waals surface area contributed by atoms with Crippen LogP contribution in [0.1, 0.15) is 59.3 Å². The lowest BCUT2D eigenvalue weighted by molar-refractivity contribution is -0.157. The van der Waals surface area contributed by atoms with Gasteiger partial charge in [-0.2, -0.15) is 11.8 Å². The van der Waals surface area contributed by atoms with Gasteiger partial charge in [-0.15, -0.1) is 0 Å². The number of unbranched alkanes of at least 4 members (excludes halogenated alkanes) is 3. The first-order chi connectivity index (χ1) is 13.3. The Labute approximate surface area is 173 Å². The number of carbonyl (C=O) groups is 3. The van der Waals surface area contributed by atoms with E-state index in [-0.39, 0.29) is 37.5 Å². The Morgan fingerprint density at radius 1 is 1.11 bits per heavy atom. The Morgan fingerprint density at radius 2 is 1.82 bits per heavy atom. The molecule has 0 radical (unpaired) electrons. The van der Waals surface area contributed by atoms with E-state index in [1.54, 1.807) is 13.8 Å². The third-order valence-electron chi connectivity index (χ3n) is 4.34. The predicted octanol–water partition coefficient (Wildman–Crippen LogP) is 2.94. The number of hydrogen-bond acceptors (Lipinski definition) is 8. The Hall–Kier alpha value is -1.28. The molecule has 0 saturated carbocycles. The van der Waals surface area contributed by atoms with Gasteiger partial charge in [0, 0.05) is 18.1 Å². The molecule has 0 amide bonds. The molecule has 0 saturated heterocycles. The average Bonchev–Trinajstić information content (AvgIpc) is 2.68. The molecule has 7 nitrogen and oxygen atoms in total. The maximum atomic E-state index is 12.6. The summed E-state index contributed by atoms with van der Waals surface area (Å²) >= 11 is 1.46. The van der Waals surface area contributed by atoms with Gasteiger partial charge < -0.3 is 19.9 Å². The van der Waals surface area contributed by atoms with Gasteiger partial charge in [0.15, 0.2) is 0 Å². The van der Waals surface area contributed by atoms with Gasteiger partial charge in [-0.05, 0) is 19.8 Å². The van der Waals surface area contributed by atoms with Gasteiger partial charge in [0.2, 0.25) is 0 Å². The highest BCUT2D eigenvalue weighted by molar-refractivity contribution is 7.99. The van der Waals surface area contributed by atoms with Gasteiger partial charge in [-0.25, -0.2) is 0 Å². The molecule has 0 spiro atoms. The lowest BCUT2D eigenvalue weighted by Gasteiger charge is -2.29. The van der Waals surface area contributed by atoms with Crippen LogP contribution in [-0.2, 0) is 28.6 Å². The summed E-state index contributed by atoms with van der Waals surface area (Å²) in [5.74, 6) is -0.438. The monoisotopic (exact) mass is 419 g/mol. The van der Waals surface area contributed by atoms with Crippen LogP contribution in [0.4, 0.5) is 0 Å². The Balaban J connectivity index is 4.69. The molecule has 0 fully saturated rings. The van der Waals surface area contributed by atoms with Crippen molar-refractivity contribution in [1.82, 2.24) is 0 Å². The zero-order valence-electron chi connectivity index (χ0n) is 17.8. The van der Waals surface area contributed by atoms with Crippen LogP contribution in [0, 0.1) is 11.3 Å². The van der Waals surface area contributed by atoms with Crippen LogP contribution in [0.3, 0.4) is 0 Å². The highest BCUT2D eigenvalue weighted by Gasteiger charge is 2.38. The van der Waals surface area contributed by atoms with E-state index in [2.05, 4.69) is 11.7 Å². The molecule has 0 aromatic rings. The Kier molecular flexibility index (Phi) is 14.9. The molecular weight excluding hydrogens is 382 g/mol. The molecule has 2 unspecified atom stereocenters. The van der Waals surface area contributed by atoms with E-state index in [0.717, 1.165) is 25.7 Å². The van der Waals surface area contributed by atoms with E-state index < -0.39 is 11.3 Å². The van der Waals surface area contributed by atoms with Crippen molar-refractivity contribution < 1.29 is 28.6 Å². The molecule has 2 atom stereocenters. The normalized spacial score (nSPS) is 14.0. The summed E-state index contributed by atoms with van der Waals surface area (Å²) in [6.07, 6.45) is 4.73. The summed E-state index contributed by atoms with van der Waals surface area (Å²) in [5.41, 5.74) is 4.56. The molecule has 0 aromatic carbocycles. The number of esters is 3. The van der Waals surface area contributed by atoms with Crippen molar-refractivity contribution in [3.8, 4) is 0 Å². The van der Waals surface area contributed by atoms with E-state index in [4.69, 9.17) is 15.2 Å². The molecule has 0 heterocycles. The van der Waals surface area contributed by atoms with Crippen molar-refractivity contribution in [2.75, 3.05) is 38.4 Å². The van der Waals surface area contributed by atoms with E-state index in [1.807, 2.05) is 0 Å². The second-order valence-electron chi connectivity index (χ2n) is 7.20. The molecule has 164 valence electrons. The van der Waals surface area contributed by atoms with Gasteiger partial charge in [-0.1, -0.05) is 33.1 Å². The van der Waals surface area contributed by atoms with Crippen LogP contribution in [0.25, 0.3) is 0 Å². The number of hydrogen-bond donors (Lipinski definition) is 1. The second kappa shape index (κ2) is 15.6. The third-order valence-corrected chi connectivity index (χ3v) is 5.68. The molecule has 8 heteroatoms. The minimum atomic E-state index is -0.864. The molecule has 0 aromatic heterocycles. The number of rotatable bonds is 16. The first-order valence-electron chi connectivity index (χ1n) is 9.99. The van der Waals surface area contributed by atoms with Crippen molar-refractivity contribution >= 4 is 29.7 Å². The average molecular weight is 420 g/mol. The van der Waals surface area contributed by atoms with Gasteiger partial charge >= 0.3 is 17.9 Å². The van der Waals surface area contributed by atoms with E-state index in [0.29, 0.717) is 24.5 Å². The van der Waals surface area contributed by atoms with Crippen LogP contribution in [0.5, 0.6) is 0 Å². The third kappa shape index (κ3) is 11.5. The minimum Gasteiger partial charge on any atom is -0.469 e. The first-order valence-corrected chi connectivity index (χ1v) is 11.1. The summed E-state index contributed by atoms with van der Waals surface area (Å²) < 4.78 is 15.2. The smallest absolute Gasteiger partial charge is 0.312 e. The van der Waals surface area contributed by atoms with Crippen LogP contribution >= 0.6 is 11.8 Å². The summed E-state index contributed by atoms with van der Waals surface area (Å²) in [6.45, 7) is 6.46. The maximum Gasteiger partial charge on any atom is 0.312 e. The van der Waals surface area contributed by atoms with Crippen molar-refractivity contribution in [3.63, 3.8) is 0 Å². The minimum absolute atomic E-state index is 0.136. The van der Waals surface area contributed by atoms with Crippen LogP contribution in [-0.4, -0.2) is 56.3 Å². The fraction of sp³-hybridized carbons (Fsp3) is 0.850. The summed E-state index contributed by atoms with van der Waals surface area (Å²) in [5, 5.41) is 0. The predicted molar refractivity (Wildman–Crippen MR) is 111 cm³/mol. The number of thioether (sulfide) groups is 1. The summed E-state index contributed by atoms with van der Waals surface area (Å²) in [6, 6.07) is 0. The van der Waals surface area contributed by atoms with Crippen LogP contribution in [0.2, 0.25) is 0 Å². The lowest BCUT2D eigenvalue weighted by atomic mass is 9.83. The van der Waals surface area contributed by atoms with Crippen LogP contribution < -0.4 is 5.73 Å². The van der Waals surface area contributed by atoms with Crippen molar-refractivity contribution in [3.05, 3.63) is 0 Å². The van der Waals surface area contributed by atoms with Crippen molar-refractivity contribution in [2.45, 2.75) is 59.3 Å². The molecule has 0 aliphatic heterocycles. The fourth-order valence-electron chi connectivity index (χ4n) is 2.69. The molecule has 28 heavy (non-hydrogen) atoms. The Morgan fingerprint density at radius 3 is 2.43 bits per heavy atom. The van der Waals surface area contributed by atoms with Crippen LogP contribution in [0.15, 0.2) is 0 Å². The number of nitrogens with two attached hydrogens (primary N) is 1. The van der Waals surface area contributed by atoms with Crippen molar-refractivity contribution in [2.24, 2.45) is 17.1 Å². The van der Waals surface area contributed by atoms with Gasteiger partial charge in [0.1, 0.15) is 6.61 Å². The number of ether oxygens (including phenoxy) is 3. The highest BCUT2D eigenvalue weighted by atomic mass is 32.2. The zero-order valence-corrected chi connectivity index (χ0v) is 18.6. The summed E-state index contributed by atoms with van der Waals surface area (Å²) in [7, 11) is 1.34. The quantitative estimate of drug-likeness (QED) is 0.231. The first kappa shape index (κ1) is 26.7. The molecule has 0 bridgehead atoms. The number of carbonyl (C=O) groups excluding carboxylic acids is 3. The molecule has 0 aliphatic rings. The molecule has 0 aliphatic carbocycles. The van der Waals surface area contributed by atoms with Gasteiger partial charge in [0.25, 0.3) is 0 Å². The lowest BCUT2D eigenvalue weighted by Crippen LogP contribution is -2.37. The zero-order chi connectivity index (χ0) is 21.4. The fourth-order valence-corrected chi connectivity index (χ4v) is 3.83. The van der Waals surface area contributed by atoms with E-state index >= 15 is 0 Å². The molecule has 2 N–H and O–H groups in total. The topological polar surface area (TPSA) is 105 Å². The van der Waals surface area contributed by atoms with E-state index in [1.165, 1.54) is 18.9 Å². The highest BCUT2D eigenvalue weighted by Crippen LogP contribution is 2.33. The molecular formula is C20H37NO6S.